The molecule has 2 aromatic rings. The Morgan fingerprint density at radius 1 is 1.03 bits per heavy atom. The lowest BCUT2D eigenvalue weighted by Gasteiger charge is -2.48. The summed E-state index contributed by atoms with van der Waals surface area (Å²) in [4.78, 5) is 8.87. The van der Waals surface area contributed by atoms with E-state index in [0.717, 1.165) is 36.8 Å². The molecule has 0 saturated heterocycles. The van der Waals surface area contributed by atoms with Gasteiger partial charge in [-0.1, -0.05) is 24.6 Å². The molecule has 36 heavy (non-hydrogen) atoms. The van der Waals surface area contributed by atoms with Crippen molar-refractivity contribution in [1.82, 2.24) is 15.3 Å². The summed E-state index contributed by atoms with van der Waals surface area (Å²) in [6.45, 7) is 1.23. The Morgan fingerprint density at radius 2 is 1.78 bits per heavy atom. The minimum atomic E-state index is 0.236. The number of hydrogen-bond donors (Lipinski definition) is 5. The molecule has 0 radical (unpaired) electrons. The molecule has 1 aromatic carbocycles. The molecule has 3 fully saturated rings. The second-order valence-corrected chi connectivity index (χ2v) is 11.0. The number of nitrogens with zero attached hydrogens (tertiary/aromatic N) is 3. The minimum absolute atomic E-state index is 0.236. The summed E-state index contributed by atoms with van der Waals surface area (Å²) < 4.78 is 0. The van der Waals surface area contributed by atoms with Crippen LogP contribution >= 0.6 is 0 Å². The van der Waals surface area contributed by atoms with Crippen molar-refractivity contribution >= 4 is 11.8 Å². The SMILES string of the molecule is N#Cc1cnc(NCc2ccccc2O)nc1NCC1C[C@H]2CCC[C@@H](C1)C2NC1CCC(N)CC1. The number of rotatable bonds is 8. The van der Waals surface area contributed by atoms with Crippen LogP contribution in [0.15, 0.2) is 30.5 Å². The molecule has 1 heterocycles. The van der Waals surface area contributed by atoms with E-state index in [9.17, 15) is 10.4 Å². The number of nitrogens with two attached hydrogens (primary N) is 1. The summed E-state index contributed by atoms with van der Waals surface area (Å²) in [6.07, 6.45) is 12.7. The Balaban J connectivity index is 1.18. The van der Waals surface area contributed by atoms with Gasteiger partial charge in [0.15, 0.2) is 0 Å². The number of anilines is 2. The lowest BCUT2D eigenvalue weighted by molar-refractivity contribution is 0.0750. The maximum absolute atomic E-state index is 10.00. The Bertz CT molecular complexity index is 1050. The Hall–Kier alpha value is -2.89. The van der Waals surface area contributed by atoms with Crippen molar-refractivity contribution in [3.05, 3.63) is 41.6 Å². The molecule has 0 aliphatic heterocycles. The van der Waals surface area contributed by atoms with Crippen LogP contribution in [0, 0.1) is 29.1 Å². The minimum Gasteiger partial charge on any atom is -0.508 e. The van der Waals surface area contributed by atoms with Gasteiger partial charge in [-0.05, 0) is 75.2 Å². The topological polar surface area (TPSA) is 132 Å². The van der Waals surface area contributed by atoms with E-state index in [1.807, 2.05) is 12.1 Å². The first-order valence-electron chi connectivity index (χ1n) is 13.6. The monoisotopic (exact) mass is 489 g/mol. The molecule has 3 saturated carbocycles. The van der Waals surface area contributed by atoms with E-state index >= 15 is 0 Å². The Kier molecular flexibility index (Phi) is 7.88. The van der Waals surface area contributed by atoms with Gasteiger partial charge in [0.2, 0.25) is 5.95 Å². The molecule has 5 rings (SSSR count). The third-order valence-corrected chi connectivity index (χ3v) is 8.53. The number of phenols is 1. The molecular weight excluding hydrogens is 450 g/mol. The maximum atomic E-state index is 10.00. The van der Waals surface area contributed by atoms with Crippen LogP contribution in [0.25, 0.3) is 0 Å². The first kappa shape index (κ1) is 24.8. The summed E-state index contributed by atoms with van der Waals surface area (Å²) in [5.74, 6) is 3.30. The van der Waals surface area contributed by atoms with Gasteiger partial charge in [-0.15, -0.1) is 0 Å². The summed E-state index contributed by atoms with van der Waals surface area (Å²) in [5.41, 5.74) is 7.35. The molecule has 3 aliphatic rings. The van der Waals surface area contributed by atoms with E-state index in [4.69, 9.17) is 5.73 Å². The summed E-state index contributed by atoms with van der Waals surface area (Å²) in [7, 11) is 0. The standard InChI is InChI=1S/C28H39N7O/c29-14-22-17-33-28(32-16-21-4-1-2-7-25(21)36)35-27(22)31-15-18-12-19-5-3-6-20(13-18)26(19)34-24-10-8-23(30)9-11-24/h1-2,4,7,17-20,23-24,26,34,36H,3,5-6,8-13,15-16,30H2,(H2,31,32,33,35)/t18?,19-,20+,23?,24?,26?. The van der Waals surface area contributed by atoms with Gasteiger partial charge in [-0.3, -0.25) is 0 Å². The van der Waals surface area contributed by atoms with Gasteiger partial charge in [-0.25, -0.2) is 4.98 Å². The Morgan fingerprint density at radius 3 is 2.50 bits per heavy atom. The highest BCUT2D eigenvalue weighted by Crippen LogP contribution is 2.43. The fourth-order valence-electron chi connectivity index (χ4n) is 6.62. The molecule has 8 heteroatoms. The van der Waals surface area contributed by atoms with Gasteiger partial charge >= 0.3 is 0 Å². The molecule has 2 unspecified atom stereocenters. The number of fused-ring (bicyclic) bond motifs is 2. The maximum Gasteiger partial charge on any atom is 0.224 e. The normalized spacial score (nSPS) is 29.8. The van der Waals surface area contributed by atoms with Crippen molar-refractivity contribution in [2.24, 2.45) is 23.5 Å². The fourth-order valence-corrected chi connectivity index (χ4v) is 6.62. The number of benzene rings is 1. The van der Waals surface area contributed by atoms with Gasteiger partial charge in [0.05, 0.1) is 6.20 Å². The molecule has 0 spiro atoms. The van der Waals surface area contributed by atoms with Crippen LogP contribution in [0.1, 0.15) is 68.9 Å². The highest BCUT2D eigenvalue weighted by molar-refractivity contribution is 5.53. The summed E-state index contributed by atoms with van der Waals surface area (Å²) >= 11 is 0. The van der Waals surface area contributed by atoms with Crippen LogP contribution in [-0.4, -0.2) is 39.7 Å². The van der Waals surface area contributed by atoms with Gasteiger partial charge < -0.3 is 26.8 Å². The lowest BCUT2D eigenvalue weighted by atomic mass is 9.64. The molecule has 4 atom stereocenters. The van der Waals surface area contributed by atoms with Crippen molar-refractivity contribution in [2.75, 3.05) is 17.2 Å². The highest BCUT2D eigenvalue weighted by Gasteiger charge is 2.41. The third-order valence-electron chi connectivity index (χ3n) is 8.53. The number of aromatic hydroxyl groups is 1. The average Bonchev–Trinajstić information content (AvgIpc) is 2.88. The molecule has 2 bridgehead atoms. The zero-order valence-electron chi connectivity index (χ0n) is 21.0. The third kappa shape index (κ3) is 5.91. The second-order valence-electron chi connectivity index (χ2n) is 11.0. The van der Waals surface area contributed by atoms with Gasteiger partial charge in [-0.2, -0.15) is 10.2 Å². The first-order chi connectivity index (χ1) is 17.6. The summed E-state index contributed by atoms with van der Waals surface area (Å²) in [6, 6.07) is 11.1. The predicted molar refractivity (Wildman–Crippen MR) is 141 cm³/mol. The number of nitrogens with one attached hydrogen (secondary N) is 3. The lowest BCUT2D eigenvalue weighted by Crippen LogP contribution is -2.54. The molecular formula is C28H39N7O. The molecule has 8 nitrogen and oxygen atoms in total. The molecule has 192 valence electrons. The van der Waals surface area contributed by atoms with E-state index in [1.165, 1.54) is 44.9 Å². The van der Waals surface area contributed by atoms with Gasteiger partial charge in [0.25, 0.3) is 0 Å². The molecule has 6 N–H and O–H groups in total. The predicted octanol–water partition coefficient (Wildman–Crippen LogP) is 4.13. The van der Waals surface area contributed by atoms with E-state index in [-0.39, 0.29) is 5.75 Å². The van der Waals surface area contributed by atoms with Crippen molar-refractivity contribution in [1.29, 1.82) is 5.26 Å². The van der Waals surface area contributed by atoms with Crippen LogP contribution in [0.5, 0.6) is 5.75 Å². The number of hydrogen-bond acceptors (Lipinski definition) is 8. The quantitative estimate of drug-likeness (QED) is 0.374. The fraction of sp³-hybridized carbons (Fsp3) is 0.607. The summed E-state index contributed by atoms with van der Waals surface area (Å²) in [5, 5.41) is 30.3. The van der Waals surface area contributed by atoms with Crippen LogP contribution in [0.4, 0.5) is 11.8 Å². The van der Waals surface area contributed by atoms with E-state index in [2.05, 4.69) is 32.0 Å². The van der Waals surface area contributed by atoms with Crippen molar-refractivity contribution < 1.29 is 5.11 Å². The van der Waals surface area contributed by atoms with E-state index in [0.29, 0.717) is 47.9 Å². The second kappa shape index (κ2) is 11.4. The zero-order valence-corrected chi connectivity index (χ0v) is 21.0. The number of aromatic nitrogens is 2. The van der Waals surface area contributed by atoms with Gasteiger partial charge in [0, 0.05) is 36.8 Å². The van der Waals surface area contributed by atoms with Gasteiger partial charge in [0.1, 0.15) is 23.2 Å². The molecule has 0 amide bonds. The van der Waals surface area contributed by atoms with Crippen LogP contribution in [0.3, 0.4) is 0 Å². The average molecular weight is 490 g/mol. The van der Waals surface area contributed by atoms with Crippen molar-refractivity contribution in [2.45, 2.75) is 82.5 Å². The molecule has 3 aliphatic carbocycles. The molecule has 1 aromatic heterocycles. The van der Waals surface area contributed by atoms with Crippen LogP contribution in [0.2, 0.25) is 0 Å². The Labute approximate surface area is 214 Å². The van der Waals surface area contributed by atoms with Crippen molar-refractivity contribution in [3.63, 3.8) is 0 Å². The smallest absolute Gasteiger partial charge is 0.224 e. The first-order valence-corrected chi connectivity index (χ1v) is 13.6. The van der Waals surface area contributed by atoms with E-state index in [1.54, 1.807) is 18.3 Å². The van der Waals surface area contributed by atoms with Crippen LogP contribution in [-0.2, 0) is 6.54 Å². The van der Waals surface area contributed by atoms with Crippen molar-refractivity contribution in [3.8, 4) is 11.8 Å². The highest BCUT2D eigenvalue weighted by atomic mass is 16.3. The number of para-hydroxylation sites is 1. The largest absolute Gasteiger partial charge is 0.508 e. The number of nitriles is 1. The van der Waals surface area contributed by atoms with E-state index < -0.39 is 0 Å². The van der Waals surface area contributed by atoms with Crippen LogP contribution < -0.4 is 21.7 Å². The number of phenolic OH excluding ortho intramolecular Hbond substituents is 1. The zero-order chi connectivity index (χ0) is 24.9.